The lowest BCUT2D eigenvalue weighted by molar-refractivity contribution is 0.0948. The van der Waals surface area contributed by atoms with E-state index in [1.54, 1.807) is 11.3 Å². The standard InChI is InChI=1S/C25H29N3OS/c1-18-5-3-4-6-22(18)15-26-25(29)23-8-7-19(2)27-24(23)21-9-12-28(13-10-21)16-20-11-14-30-17-20/h3-8,11,14,17,21H,9-10,12-13,15-16H2,1-2H3,(H,26,29). The van der Waals surface area contributed by atoms with Crippen molar-refractivity contribution in [3.8, 4) is 0 Å². The number of nitrogens with one attached hydrogen (secondary N) is 1. The molecule has 4 rings (SSSR count). The van der Waals surface area contributed by atoms with E-state index in [1.807, 2.05) is 31.2 Å². The quantitative estimate of drug-likeness (QED) is 0.607. The molecule has 0 atom stereocenters. The number of rotatable bonds is 6. The molecule has 0 saturated carbocycles. The highest BCUT2D eigenvalue weighted by Gasteiger charge is 2.26. The van der Waals surface area contributed by atoms with Crippen molar-refractivity contribution < 1.29 is 4.79 Å². The minimum Gasteiger partial charge on any atom is -0.348 e. The third-order valence-electron chi connectivity index (χ3n) is 5.97. The molecule has 2 aromatic heterocycles. The van der Waals surface area contributed by atoms with E-state index in [-0.39, 0.29) is 5.91 Å². The van der Waals surface area contributed by atoms with Gasteiger partial charge in [-0.25, -0.2) is 0 Å². The zero-order chi connectivity index (χ0) is 20.9. The Morgan fingerprint density at radius 2 is 1.93 bits per heavy atom. The number of likely N-dealkylation sites (tertiary alicyclic amines) is 1. The summed E-state index contributed by atoms with van der Waals surface area (Å²) in [6, 6.07) is 14.3. The van der Waals surface area contributed by atoms with Crippen LogP contribution in [0.25, 0.3) is 0 Å². The van der Waals surface area contributed by atoms with Gasteiger partial charge in [0.2, 0.25) is 0 Å². The Balaban J connectivity index is 1.43. The molecule has 0 bridgehead atoms. The topological polar surface area (TPSA) is 45.2 Å². The zero-order valence-electron chi connectivity index (χ0n) is 17.7. The third kappa shape index (κ3) is 4.97. The summed E-state index contributed by atoms with van der Waals surface area (Å²) in [5, 5.41) is 7.47. The van der Waals surface area contributed by atoms with Crippen LogP contribution < -0.4 is 5.32 Å². The van der Waals surface area contributed by atoms with Crippen molar-refractivity contribution in [3.05, 3.63) is 86.9 Å². The highest BCUT2D eigenvalue weighted by molar-refractivity contribution is 7.07. The van der Waals surface area contributed by atoms with Crippen molar-refractivity contribution in [2.75, 3.05) is 13.1 Å². The summed E-state index contributed by atoms with van der Waals surface area (Å²) in [5.74, 6) is 0.310. The number of aryl methyl sites for hydroxylation is 2. The molecule has 1 aromatic carbocycles. The van der Waals surface area contributed by atoms with Crippen LogP contribution in [0.2, 0.25) is 0 Å². The number of carbonyl (C=O) groups is 1. The van der Waals surface area contributed by atoms with Crippen LogP contribution in [0.4, 0.5) is 0 Å². The molecule has 0 radical (unpaired) electrons. The van der Waals surface area contributed by atoms with Crippen LogP contribution in [-0.2, 0) is 13.1 Å². The molecule has 1 fully saturated rings. The second-order valence-corrected chi connectivity index (χ2v) is 8.96. The van der Waals surface area contributed by atoms with E-state index in [9.17, 15) is 4.79 Å². The van der Waals surface area contributed by atoms with Crippen molar-refractivity contribution in [3.63, 3.8) is 0 Å². The van der Waals surface area contributed by atoms with Gasteiger partial charge in [-0.15, -0.1) is 0 Å². The number of hydrogen-bond acceptors (Lipinski definition) is 4. The molecule has 0 aliphatic carbocycles. The van der Waals surface area contributed by atoms with Gasteiger partial charge in [0.1, 0.15) is 0 Å². The lowest BCUT2D eigenvalue weighted by Crippen LogP contribution is -2.33. The summed E-state index contributed by atoms with van der Waals surface area (Å²) in [4.78, 5) is 20.3. The van der Waals surface area contributed by atoms with Gasteiger partial charge in [0, 0.05) is 24.7 Å². The molecular weight excluding hydrogens is 390 g/mol. The lowest BCUT2D eigenvalue weighted by Gasteiger charge is -2.32. The Hall–Kier alpha value is -2.50. The smallest absolute Gasteiger partial charge is 0.253 e. The van der Waals surface area contributed by atoms with Crippen molar-refractivity contribution in [1.29, 1.82) is 0 Å². The molecule has 5 heteroatoms. The zero-order valence-corrected chi connectivity index (χ0v) is 18.5. The fraction of sp³-hybridized carbons (Fsp3) is 0.360. The predicted molar refractivity (Wildman–Crippen MR) is 123 cm³/mol. The fourth-order valence-electron chi connectivity index (χ4n) is 4.16. The van der Waals surface area contributed by atoms with Gasteiger partial charge >= 0.3 is 0 Å². The van der Waals surface area contributed by atoms with Gasteiger partial charge in [-0.1, -0.05) is 24.3 Å². The van der Waals surface area contributed by atoms with E-state index >= 15 is 0 Å². The molecule has 3 aromatic rings. The summed E-state index contributed by atoms with van der Waals surface area (Å²) < 4.78 is 0. The largest absolute Gasteiger partial charge is 0.348 e. The van der Waals surface area contributed by atoms with Crippen LogP contribution in [0.1, 0.15) is 57.2 Å². The van der Waals surface area contributed by atoms with E-state index in [1.165, 1.54) is 11.1 Å². The van der Waals surface area contributed by atoms with E-state index in [0.717, 1.165) is 55.0 Å². The van der Waals surface area contributed by atoms with Crippen molar-refractivity contribution in [2.45, 2.75) is 45.7 Å². The SMILES string of the molecule is Cc1ccc(C(=O)NCc2ccccc2C)c(C2CCN(Cc3ccsc3)CC2)n1. The van der Waals surface area contributed by atoms with Crippen LogP contribution in [0, 0.1) is 13.8 Å². The predicted octanol–water partition coefficient (Wildman–Crippen LogP) is 5.07. The van der Waals surface area contributed by atoms with Crippen LogP contribution in [0.15, 0.2) is 53.2 Å². The first-order chi connectivity index (χ1) is 14.6. The second kappa shape index (κ2) is 9.54. The molecule has 1 amide bonds. The number of piperidine rings is 1. The minimum atomic E-state index is -0.0264. The average molecular weight is 420 g/mol. The summed E-state index contributed by atoms with van der Waals surface area (Å²) in [6.45, 7) is 7.72. The average Bonchev–Trinajstić information content (AvgIpc) is 3.26. The Bertz CT molecular complexity index is 991. The number of benzene rings is 1. The van der Waals surface area contributed by atoms with Gasteiger partial charge in [0.15, 0.2) is 0 Å². The van der Waals surface area contributed by atoms with Crippen molar-refractivity contribution in [2.24, 2.45) is 0 Å². The Morgan fingerprint density at radius 1 is 1.13 bits per heavy atom. The van der Waals surface area contributed by atoms with E-state index in [2.05, 4.69) is 46.1 Å². The number of aromatic nitrogens is 1. The lowest BCUT2D eigenvalue weighted by atomic mass is 9.89. The number of pyridine rings is 1. The number of thiophene rings is 1. The summed E-state index contributed by atoms with van der Waals surface area (Å²) in [6.07, 6.45) is 2.08. The molecule has 156 valence electrons. The van der Waals surface area contributed by atoms with Crippen LogP contribution >= 0.6 is 11.3 Å². The molecule has 1 aliphatic rings. The van der Waals surface area contributed by atoms with Crippen LogP contribution in [0.5, 0.6) is 0 Å². The van der Waals surface area contributed by atoms with Gasteiger partial charge in [0.25, 0.3) is 5.91 Å². The maximum absolute atomic E-state index is 13.0. The van der Waals surface area contributed by atoms with Gasteiger partial charge < -0.3 is 5.32 Å². The maximum atomic E-state index is 13.0. The molecule has 1 N–H and O–H groups in total. The maximum Gasteiger partial charge on any atom is 0.253 e. The molecule has 0 spiro atoms. The second-order valence-electron chi connectivity index (χ2n) is 8.18. The Morgan fingerprint density at radius 3 is 2.67 bits per heavy atom. The molecule has 1 saturated heterocycles. The highest BCUT2D eigenvalue weighted by Crippen LogP contribution is 2.30. The molecule has 1 aliphatic heterocycles. The van der Waals surface area contributed by atoms with Gasteiger partial charge in [-0.3, -0.25) is 14.7 Å². The summed E-state index contributed by atoms with van der Waals surface area (Å²) >= 11 is 1.76. The number of hydrogen-bond donors (Lipinski definition) is 1. The monoisotopic (exact) mass is 419 g/mol. The minimum absolute atomic E-state index is 0.0264. The molecule has 0 unspecified atom stereocenters. The first-order valence-electron chi connectivity index (χ1n) is 10.6. The Labute approximate surface area is 183 Å². The molecule has 30 heavy (non-hydrogen) atoms. The molecule has 4 nitrogen and oxygen atoms in total. The summed E-state index contributed by atoms with van der Waals surface area (Å²) in [5.41, 5.74) is 6.40. The van der Waals surface area contributed by atoms with E-state index in [4.69, 9.17) is 4.98 Å². The molecule has 3 heterocycles. The number of amides is 1. The van der Waals surface area contributed by atoms with Crippen molar-refractivity contribution in [1.82, 2.24) is 15.2 Å². The van der Waals surface area contributed by atoms with Crippen LogP contribution in [-0.4, -0.2) is 28.9 Å². The normalized spacial score (nSPS) is 15.3. The first-order valence-corrected chi connectivity index (χ1v) is 11.6. The fourth-order valence-corrected chi connectivity index (χ4v) is 4.82. The number of carbonyl (C=O) groups excluding carboxylic acids is 1. The highest BCUT2D eigenvalue weighted by atomic mass is 32.1. The van der Waals surface area contributed by atoms with E-state index in [0.29, 0.717) is 12.5 Å². The van der Waals surface area contributed by atoms with Crippen LogP contribution in [0.3, 0.4) is 0 Å². The van der Waals surface area contributed by atoms with Crippen molar-refractivity contribution >= 4 is 17.2 Å². The molecular formula is C25H29N3OS. The number of nitrogens with zero attached hydrogens (tertiary/aromatic N) is 2. The third-order valence-corrected chi connectivity index (χ3v) is 6.70. The Kier molecular flexibility index (Phi) is 6.60. The van der Waals surface area contributed by atoms with Gasteiger partial charge in [0.05, 0.1) is 11.3 Å². The summed E-state index contributed by atoms with van der Waals surface area (Å²) in [7, 11) is 0. The van der Waals surface area contributed by atoms with Gasteiger partial charge in [-0.05, 0) is 85.4 Å². The first kappa shape index (κ1) is 20.8. The van der Waals surface area contributed by atoms with E-state index < -0.39 is 0 Å². The van der Waals surface area contributed by atoms with Gasteiger partial charge in [-0.2, -0.15) is 11.3 Å².